The lowest BCUT2D eigenvalue weighted by atomic mass is 10.2. The molecule has 0 spiro atoms. The van der Waals surface area contributed by atoms with Crippen LogP contribution < -0.4 is 5.32 Å². The molecule has 1 aliphatic heterocycles. The molecule has 0 unspecified atom stereocenters. The average molecular weight is 400 g/mol. The molecule has 0 aromatic rings. The van der Waals surface area contributed by atoms with Crippen molar-refractivity contribution in [1.29, 1.82) is 0 Å². The Labute approximate surface area is 126 Å². The van der Waals surface area contributed by atoms with Crippen LogP contribution in [-0.4, -0.2) is 29.8 Å². The van der Waals surface area contributed by atoms with Gasteiger partial charge in [0.15, 0.2) is 0 Å². The van der Waals surface area contributed by atoms with E-state index >= 15 is 0 Å². The van der Waals surface area contributed by atoms with Crippen LogP contribution >= 0.6 is 22.6 Å². The van der Waals surface area contributed by atoms with E-state index in [0.717, 1.165) is 10.8 Å². The van der Waals surface area contributed by atoms with Crippen molar-refractivity contribution >= 4 is 44.4 Å². The second kappa shape index (κ2) is 7.22. The summed E-state index contributed by atoms with van der Waals surface area (Å²) in [5.74, 6) is -1.11. The molecule has 0 amide bonds. The Morgan fingerprint density at radius 2 is 2.11 bits per heavy atom. The number of hydrogen-bond donors (Lipinski definition) is 2. The van der Waals surface area contributed by atoms with E-state index in [9.17, 15) is 13.2 Å². The highest BCUT2D eigenvalue weighted by molar-refractivity contribution is 14.1. The smallest absolute Gasteiger partial charge is 0.311 e. The molecule has 108 valence electrons. The molecule has 2 N–H and O–H groups in total. The van der Waals surface area contributed by atoms with Crippen molar-refractivity contribution < 1.29 is 18.3 Å². The SMILES string of the molecule is CCCC1=C(CCCI)NC(CC(=O)O)=NS1(=O)=O. The van der Waals surface area contributed by atoms with Gasteiger partial charge in [-0.1, -0.05) is 35.9 Å². The van der Waals surface area contributed by atoms with Gasteiger partial charge in [-0.3, -0.25) is 4.79 Å². The lowest BCUT2D eigenvalue weighted by Crippen LogP contribution is -2.32. The van der Waals surface area contributed by atoms with Crippen molar-refractivity contribution in [3.63, 3.8) is 0 Å². The minimum absolute atomic E-state index is 0.00388. The Hall–Kier alpha value is -0.640. The number of alkyl halides is 1. The van der Waals surface area contributed by atoms with Crippen molar-refractivity contribution in [2.45, 2.75) is 39.0 Å². The fourth-order valence-electron chi connectivity index (χ4n) is 1.79. The van der Waals surface area contributed by atoms with Gasteiger partial charge in [-0.25, -0.2) is 0 Å². The van der Waals surface area contributed by atoms with Crippen molar-refractivity contribution in [2.24, 2.45) is 4.40 Å². The highest BCUT2D eigenvalue weighted by atomic mass is 127. The summed E-state index contributed by atoms with van der Waals surface area (Å²) in [6.45, 7) is 1.90. The average Bonchev–Trinajstić information content (AvgIpc) is 2.29. The molecule has 6 nitrogen and oxygen atoms in total. The van der Waals surface area contributed by atoms with E-state index in [1.165, 1.54) is 0 Å². The topological polar surface area (TPSA) is 95.8 Å². The first-order valence-corrected chi connectivity index (χ1v) is 8.98. The van der Waals surface area contributed by atoms with Gasteiger partial charge in [0.2, 0.25) is 0 Å². The largest absolute Gasteiger partial charge is 0.481 e. The number of nitrogens with one attached hydrogen (secondary N) is 1. The number of sulfonamides is 1. The highest BCUT2D eigenvalue weighted by Gasteiger charge is 2.27. The quantitative estimate of drug-likeness (QED) is 0.504. The van der Waals surface area contributed by atoms with Gasteiger partial charge in [0.05, 0.1) is 4.91 Å². The zero-order valence-corrected chi connectivity index (χ0v) is 13.6. The molecule has 0 saturated carbocycles. The third kappa shape index (κ3) is 4.75. The van der Waals surface area contributed by atoms with E-state index in [0.29, 0.717) is 29.9 Å². The monoisotopic (exact) mass is 400 g/mol. The third-order valence-corrected chi connectivity index (χ3v) is 4.83. The molecule has 0 saturated heterocycles. The number of carbonyl (C=O) groups is 1. The first-order valence-electron chi connectivity index (χ1n) is 6.01. The third-order valence-electron chi connectivity index (χ3n) is 2.53. The summed E-state index contributed by atoms with van der Waals surface area (Å²) in [6, 6.07) is 0. The summed E-state index contributed by atoms with van der Waals surface area (Å²) in [5, 5.41) is 11.6. The zero-order chi connectivity index (χ0) is 14.5. The molecule has 0 fully saturated rings. The number of rotatable bonds is 7. The van der Waals surface area contributed by atoms with Gasteiger partial charge in [-0.2, -0.15) is 8.42 Å². The lowest BCUT2D eigenvalue weighted by molar-refractivity contribution is -0.135. The molecule has 19 heavy (non-hydrogen) atoms. The fraction of sp³-hybridized carbons (Fsp3) is 0.636. The summed E-state index contributed by atoms with van der Waals surface area (Å²) in [4.78, 5) is 11.0. The first kappa shape index (κ1) is 16.4. The maximum atomic E-state index is 12.1. The van der Waals surface area contributed by atoms with Gasteiger partial charge in [0, 0.05) is 5.70 Å². The molecule has 0 bridgehead atoms. The molecular formula is C11H17IN2O4S. The molecule has 0 aliphatic carbocycles. The van der Waals surface area contributed by atoms with Crippen LogP contribution in [0, 0.1) is 0 Å². The van der Waals surface area contributed by atoms with Crippen LogP contribution in [0.2, 0.25) is 0 Å². The molecule has 1 aliphatic rings. The fourth-order valence-corrected chi connectivity index (χ4v) is 3.61. The minimum Gasteiger partial charge on any atom is -0.481 e. The van der Waals surface area contributed by atoms with E-state index in [4.69, 9.17) is 5.11 Å². The first-order chi connectivity index (χ1) is 8.90. The Kier molecular flexibility index (Phi) is 6.24. The van der Waals surface area contributed by atoms with E-state index < -0.39 is 22.4 Å². The summed E-state index contributed by atoms with van der Waals surface area (Å²) >= 11 is 2.22. The molecule has 1 rings (SSSR count). The molecule has 1 heterocycles. The summed E-state index contributed by atoms with van der Waals surface area (Å²) in [7, 11) is -3.72. The number of carboxylic acids is 1. The summed E-state index contributed by atoms with van der Waals surface area (Å²) < 4.78 is 28.6. The van der Waals surface area contributed by atoms with Crippen LogP contribution in [0.25, 0.3) is 0 Å². The predicted molar refractivity (Wildman–Crippen MR) is 81.8 cm³/mol. The lowest BCUT2D eigenvalue weighted by Gasteiger charge is -2.21. The van der Waals surface area contributed by atoms with Crippen LogP contribution in [0.5, 0.6) is 0 Å². The van der Waals surface area contributed by atoms with Gasteiger partial charge in [-0.15, -0.1) is 4.40 Å². The Bertz CT molecular complexity index is 511. The Morgan fingerprint density at radius 1 is 1.42 bits per heavy atom. The summed E-state index contributed by atoms with van der Waals surface area (Å²) in [5.41, 5.74) is 0.602. The van der Waals surface area contributed by atoms with Crippen molar-refractivity contribution in [3.8, 4) is 0 Å². The van der Waals surface area contributed by atoms with Crippen LogP contribution in [0.15, 0.2) is 15.0 Å². The van der Waals surface area contributed by atoms with E-state index in [1.807, 2.05) is 6.92 Å². The van der Waals surface area contributed by atoms with Crippen molar-refractivity contribution in [3.05, 3.63) is 10.6 Å². The van der Waals surface area contributed by atoms with E-state index in [-0.39, 0.29) is 5.84 Å². The van der Waals surface area contributed by atoms with Crippen LogP contribution in [0.1, 0.15) is 39.0 Å². The predicted octanol–water partition coefficient (Wildman–Crippen LogP) is 2.02. The van der Waals surface area contributed by atoms with Crippen LogP contribution in [0.4, 0.5) is 0 Å². The minimum atomic E-state index is -3.72. The number of carboxylic acid groups (broad SMARTS) is 1. The molecule has 0 aromatic heterocycles. The molecule has 0 aromatic carbocycles. The molecule has 8 heteroatoms. The number of halogens is 1. The Morgan fingerprint density at radius 3 is 2.63 bits per heavy atom. The maximum Gasteiger partial charge on any atom is 0.311 e. The van der Waals surface area contributed by atoms with E-state index in [2.05, 4.69) is 32.3 Å². The van der Waals surface area contributed by atoms with Crippen LogP contribution in [-0.2, 0) is 14.8 Å². The number of hydrogen-bond acceptors (Lipinski definition) is 4. The number of nitrogens with zero attached hydrogens (tertiary/aromatic N) is 1. The van der Waals surface area contributed by atoms with Gasteiger partial charge < -0.3 is 10.4 Å². The zero-order valence-electron chi connectivity index (χ0n) is 10.6. The highest BCUT2D eigenvalue weighted by Crippen LogP contribution is 2.25. The second-order valence-electron chi connectivity index (χ2n) is 4.15. The Balaban J connectivity index is 3.06. The number of aliphatic carboxylic acids is 1. The van der Waals surface area contributed by atoms with Crippen molar-refractivity contribution in [1.82, 2.24) is 5.32 Å². The van der Waals surface area contributed by atoms with Gasteiger partial charge in [-0.05, 0) is 23.7 Å². The standard InChI is InChI=1S/C11H17IN2O4S/c1-2-4-9-8(5-3-6-12)13-10(7-11(15)16)14-19(9,17)18/h2-7H2,1H3,(H,13,14)(H,15,16). The normalized spacial score (nSPS) is 17.9. The van der Waals surface area contributed by atoms with Gasteiger partial charge in [0.1, 0.15) is 12.3 Å². The maximum absolute atomic E-state index is 12.1. The number of allylic oxidation sites excluding steroid dienone is 2. The van der Waals surface area contributed by atoms with Gasteiger partial charge in [0.25, 0.3) is 10.0 Å². The molecular weight excluding hydrogens is 383 g/mol. The van der Waals surface area contributed by atoms with E-state index in [1.54, 1.807) is 0 Å². The molecule has 0 atom stereocenters. The van der Waals surface area contributed by atoms with Crippen LogP contribution in [0.3, 0.4) is 0 Å². The molecule has 0 radical (unpaired) electrons. The summed E-state index contributed by atoms with van der Waals surface area (Å²) in [6.07, 6.45) is 2.15. The van der Waals surface area contributed by atoms with Crippen molar-refractivity contribution in [2.75, 3.05) is 4.43 Å². The number of amidine groups is 1. The second-order valence-corrected chi connectivity index (χ2v) is 6.86. The van der Waals surface area contributed by atoms with Gasteiger partial charge >= 0.3 is 5.97 Å².